The SMILES string of the molecule is COc1ccc(S(=O)(=O)N2CCCCC2)cc1CCC(=O)N[C@@H](CC(C)C)c1ccccc1. The van der Waals surface area contributed by atoms with Gasteiger partial charge in [-0.1, -0.05) is 50.6 Å². The fourth-order valence-electron chi connectivity index (χ4n) is 4.31. The lowest BCUT2D eigenvalue weighted by Crippen LogP contribution is -2.35. The highest BCUT2D eigenvalue weighted by atomic mass is 32.2. The summed E-state index contributed by atoms with van der Waals surface area (Å²) in [4.78, 5) is 13.1. The number of aryl methyl sites for hydroxylation is 1. The van der Waals surface area contributed by atoms with E-state index in [1.807, 2.05) is 30.3 Å². The van der Waals surface area contributed by atoms with Crippen molar-refractivity contribution in [1.29, 1.82) is 0 Å². The van der Waals surface area contributed by atoms with E-state index in [0.717, 1.165) is 36.8 Å². The number of amides is 1. The van der Waals surface area contributed by atoms with Gasteiger partial charge in [0.15, 0.2) is 0 Å². The molecule has 1 amide bonds. The number of piperidine rings is 1. The molecule has 1 N–H and O–H groups in total. The molecular formula is C26H36N2O4S. The van der Waals surface area contributed by atoms with E-state index in [4.69, 9.17) is 4.74 Å². The second-order valence-electron chi connectivity index (χ2n) is 9.10. The first-order valence-corrected chi connectivity index (χ1v) is 13.3. The Morgan fingerprint density at radius 3 is 2.39 bits per heavy atom. The molecule has 0 aliphatic carbocycles. The minimum Gasteiger partial charge on any atom is -0.496 e. The molecule has 1 saturated heterocycles. The highest BCUT2D eigenvalue weighted by Crippen LogP contribution is 2.27. The van der Waals surface area contributed by atoms with Gasteiger partial charge in [0, 0.05) is 19.5 Å². The van der Waals surface area contributed by atoms with Gasteiger partial charge >= 0.3 is 0 Å². The zero-order valence-electron chi connectivity index (χ0n) is 19.9. The summed E-state index contributed by atoms with van der Waals surface area (Å²) >= 11 is 0. The highest BCUT2D eigenvalue weighted by molar-refractivity contribution is 7.89. The summed E-state index contributed by atoms with van der Waals surface area (Å²) in [5, 5.41) is 3.16. The minimum atomic E-state index is -3.54. The Balaban J connectivity index is 1.71. The molecule has 1 fully saturated rings. The molecule has 1 heterocycles. The lowest BCUT2D eigenvalue weighted by molar-refractivity contribution is -0.121. The van der Waals surface area contributed by atoms with Gasteiger partial charge in [-0.2, -0.15) is 4.31 Å². The largest absolute Gasteiger partial charge is 0.496 e. The van der Waals surface area contributed by atoms with Crippen LogP contribution < -0.4 is 10.1 Å². The van der Waals surface area contributed by atoms with Crippen molar-refractivity contribution in [3.05, 3.63) is 59.7 Å². The first kappa shape index (κ1) is 25.2. The van der Waals surface area contributed by atoms with Crippen LogP contribution in [0.15, 0.2) is 53.4 Å². The predicted octanol–water partition coefficient (Wildman–Crippen LogP) is 4.71. The molecule has 7 heteroatoms. The molecule has 0 bridgehead atoms. The van der Waals surface area contributed by atoms with Gasteiger partial charge in [0.05, 0.1) is 18.0 Å². The first-order valence-electron chi connectivity index (χ1n) is 11.8. The van der Waals surface area contributed by atoms with Gasteiger partial charge in [-0.25, -0.2) is 8.42 Å². The normalized spacial score (nSPS) is 15.9. The van der Waals surface area contributed by atoms with Gasteiger partial charge < -0.3 is 10.1 Å². The lowest BCUT2D eigenvalue weighted by Gasteiger charge is -2.26. The third-order valence-corrected chi connectivity index (χ3v) is 7.96. The lowest BCUT2D eigenvalue weighted by atomic mass is 9.96. The predicted molar refractivity (Wildman–Crippen MR) is 131 cm³/mol. The van der Waals surface area contributed by atoms with E-state index in [1.54, 1.807) is 29.6 Å². The molecule has 180 valence electrons. The van der Waals surface area contributed by atoms with Crippen LogP contribution in [0.5, 0.6) is 5.75 Å². The van der Waals surface area contributed by atoms with E-state index in [1.165, 1.54) is 0 Å². The Bertz CT molecular complexity index is 1020. The number of ether oxygens (including phenoxy) is 1. The summed E-state index contributed by atoms with van der Waals surface area (Å²) in [6.07, 6.45) is 4.35. The second-order valence-corrected chi connectivity index (χ2v) is 11.0. The number of methoxy groups -OCH3 is 1. The van der Waals surface area contributed by atoms with E-state index in [-0.39, 0.29) is 23.3 Å². The van der Waals surface area contributed by atoms with Crippen molar-refractivity contribution in [2.75, 3.05) is 20.2 Å². The van der Waals surface area contributed by atoms with Crippen LogP contribution in [0.2, 0.25) is 0 Å². The topological polar surface area (TPSA) is 75.7 Å². The number of benzene rings is 2. The fourth-order valence-corrected chi connectivity index (χ4v) is 5.88. The van der Waals surface area contributed by atoms with Gasteiger partial charge in [-0.15, -0.1) is 0 Å². The van der Waals surface area contributed by atoms with Crippen LogP contribution in [0.4, 0.5) is 0 Å². The van der Waals surface area contributed by atoms with Crippen LogP contribution >= 0.6 is 0 Å². The summed E-state index contributed by atoms with van der Waals surface area (Å²) in [6, 6.07) is 14.9. The van der Waals surface area contributed by atoms with Gasteiger partial charge in [-0.05, 0) is 60.9 Å². The van der Waals surface area contributed by atoms with Crippen LogP contribution in [-0.2, 0) is 21.2 Å². The number of carbonyl (C=O) groups excluding carboxylic acids is 1. The third-order valence-electron chi connectivity index (χ3n) is 6.07. The maximum absolute atomic E-state index is 13.1. The Labute approximate surface area is 198 Å². The van der Waals surface area contributed by atoms with Crippen molar-refractivity contribution >= 4 is 15.9 Å². The van der Waals surface area contributed by atoms with E-state index in [2.05, 4.69) is 19.2 Å². The van der Waals surface area contributed by atoms with Crippen LogP contribution in [-0.4, -0.2) is 38.8 Å². The first-order chi connectivity index (χ1) is 15.8. The number of hydrogen-bond acceptors (Lipinski definition) is 4. The standard InChI is InChI=1S/C26H36N2O4S/c1-20(2)18-24(21-10-6-4-7-11-21)27-26(29)15-12-22-19-23(13-14-25(22)32-3)33(30,31)28-16-8-5-9-17-28/h4,6-7,10-11,13-14,19-20,24H,5,8-9,12,15-18H2,1-3H3,(H,27,29)/t24-/m0/s1. The average Bonchev–Trinajstić information content (AvgIpc) is 2.83. The molecule has 1 atom stereocenters. The Morgan fingerprint density at radius 1 is 1.06 bits per heavy atom. The summed E-state index contributed by atoms with van der Waals surface area (Å²) in [5.74, 6) is 0.977. The van der Waals surface area contributed by atoms with E-state index >= 15 is 0 Å². The molecule has 3 rings (SSSR count). The quantitative estimate of drug-likeness (QED) is 0.544. The number of nitrogens with one attached hydrogen (secondary N) is 1. The molecule has 0 spiro atoms. The van der Waals surface area contributed by atoms with Crippen molar-refractivity contribution < 1.29 is 17.9 Å². The molecule has 0 unspecified atom stereocenters. The molecule has 0 aromatic heterocycles. The summed E-state index contributed by atoms with van der Waals surface area (Å²) in [6.45, 7) is 5.40. The molecular weight excluding hydrogens is 436 g/mol. The summed E-state index contributed by atoms with van der Waals surface area (Å²) in [5.41, 5.74) is 1.82. The Morgan fingerprint density at radius 2 is 1.76 bits per heavy atom. The number of carbonyl (C=O) groups is 1. The monoisotopic (exact) mass is 472 g/mol. The Hall–Kier alpha value is -2.38. The summed E-state index contributed by atoms with van der Waals surface area (Å²) in [7, 11) is -1.98. The Kier molecular flexibility index (Phi) is 8.92. The van der Waals surface area contributed by atoms with Crippen molar-refractivity contribution in [1.82, 2.24) is 9.62 Å². The van der Waals surface area contributed by atoms with E-state index < -0.39 is 10.0 Å². The number of sulfonamides is 1. The molecule has 1 aliphatic heterocycles. The van der Waals surface area contributed by atoms with Crippen LogP contribution in [0.25, 0.3) is 0 Å². The number of hydrogen-bond donors (Lipinski definition) is 1. The van der Waals surface area contributed by atoms with Crippen molar-refractivity contribution in [3.8, 4) is 5.75 Å². The smallest absolute Gasteiger partial charge is 0.243 e. The van der Waals surface area contributed by atoms with Gasteiger partial charge in [0.1, 0.15) is 5.75 Å². The van der Waals surface area contributed by atoms with Crippen molar-refractivity contribution in [2.24, 2.45) is 5.92 Å². The zero-order valence-corrected chi connectivity index (χ0v) is 20.7. The number of nitrogens with zero attached hydrogens (tertiary/aromatic N) is 1. The van der Waals surface area contributed by atoms with Crippen LogP contribution in [0.1, 0.15) is 63.1 Å². The molecule has 33 heavy (non-hydrogen) atoms. The van der Waals surface area contributed by atoms with Crippen molar-refractivity contribution in [3.63, 3.8) is 0 Å². The minimum absolute atomic E-state index is 0.0496. The molecule has 2 aromatic rings. The van der Waals surface area contributed by atoms with Crippen molar-refractivity contribution in [2.45, 2.75) is 63.3 Å². The zero-order chi connectivity index (χ0) is 23.8. The van der Waals surface area contributed by atoms with E-state index in [0.29, 0.717) is 31.2 Å². The third kappa shape index (κ3) is 6.81. The van der Waals surface area contributed by atoms with Crippen LogP contribution in [0.3, 0.4) is 0 Å². The second kappa shape index (κ2) is 11.7. The van der Waals surface area contributed by atoms with Gasteiger partial charge in [0.25, 0.3) is 0 Å². The molecule has 2 aromatic carbocycles. The highest BCUT2D eigenvalue weighted by Gasteiger charge is 2.27. The number of rotatable bonds is 10. The maximum Gasteiger partial charge on any atom is 0.243 e. The van der Waals surface area contributed by atoms with Gasteiger partial charge in [-0.3, -0.25) is 4.79 Å². The van der Waals surface area contributed by atoms with Gasteiger partial charge in [0.2, 0.25) is 15.9 Å². The maximum atomic E-state index is 13.1. The fraction of sp³-hybridized carbons (Fsp3) is 0.500. The van der Waals surface area contributed by atoms with E-state index in [9.17, 15) is 13.2 Å². The molecule has 1 aliphatic rings. The molecule has 6 nitrogen and oxygen atoms in total. The molecule has 0 radical (unpaired) electrons. The summed E-state index contributed by atoms with van der Waals surface area (Å²) < 4.78 is 33.2. The molecule has 0 saturated carbocycles. The van der Waals surface area contributed by atoms with Crippen LogP contribution in [0, 0.1) is 5.92 Å². The average molecular weight is 473 g/mol.